The van der Waals surface area contributed by atoms with E-state index in [1.54, 1.807) is 19.1 Å². The molecule has 82 valence electrons. The van der Waals surface area contributed by atoms with Crippen molar-refractivity contribution in [1.29, 1.82) is 0 Å². The molecular formula is C9H11NO4S. The molecule has 1 atom stereocenters. The van der Waals surface area contributed by atoms with Gasteiger partial charge in [0.05, 0.1) is 10.7 Å². The average Bonchev–Trinajstić information content (AvgIpc) is 2.17. The number of rotatable bonds is 4. The second-order valence-corrected chi connectivity index (χ2v) is 4.30. The summed E-state index contributed by atoms with van der Waals surface area (Å²) in [5.74, 6) is -0.206. The minimum absolute atomic E-state index is 0.0104. The maximum atomic E-state index is 10.5. The minimum Gasteiger partial charge on any atom is -0.258 e. The predicted molar refractivity (Wildman–Crippen MR) is 56.7 cm³/mol. The van der Waals surface area contributed by atoms with Gasteiger partial charge in [0.1, 0.15) is 10.7 Å². The zero-order valence-electron chi connectivity index (χ0n) is 8.12. The molecule has 5 nitrogen and oxygen atoms in total. The normalized spacial score (nSPS) is 12.7. The van der Waals surface area contributed by atoms with Crippen molar-refractivity contribution in [1.82, 2.24) is 0 Å². The number of non-ortho nitro benzene ring substituents is 1. The summed E-state index contributed by atoms with van der Waals surface area (Å²) in [4.78, 5) is 9.99. The van der Waals surface area contributed by atoms with E-state index >= 15 is 0 Å². The van der Waals surface area contributed by atoms with Crippen molar-refractivity contribution in [3.05, 3.63) is 39.9 Å². The Morgan fingerprint density at radius 3 is 2.67 bits per heavy atom. The van der Waals surface area contributed by atoms with E-state index in [2.05, 4.69) is 0 Å². The van der Waals surface area contributed by atoms with Crippen molar-refractivity contribution in [3.63, 3.8) is 0 Å². The molecular weight excluding hydrogens is 218 g/mol. The van der Waals surface area contributed by atoms with Crippen LogP contribution in [0.3, 0.4) is 0 Å². The Morgan fingerprint density at radius 2 is 2.13 bits per heavy atom. The third-order valence-electron chi connectivity index (χ3n) is 2.07. The van der Waals surface area contributed by atoms with Crippen LogP contribution in [0.2, 0.25) is 0 Å². The third kappa shape index (κ3) is 3.32. The molecule has 0 spiro atoms. The van der Waals surface area contributed by atoms with Crippen LogP contribution < -0.4 is 0 Å². The third-order valence-corrected chi connectivity index (χ3v) is 2.92. The van der Waals surface area contributed by atoms with Crippen LogP contribution in [0.15, 0.2) is 24.3 Å². The molecule has 1 aromatic carbocycles. The maximum Gasteiger partial charge on any atom is 0.269 e. The quantitative estimate of drug-likeness (QED) is 0.479. The first-order valence-electron chi connectivity index (χ1n) is 4.37. The van der Waals surface area contributed by atoms with Gasteiger partial charge >= 0.3 is 0 Å². The van der Waals surface area contributed by atoms with Crippen molar-refractivity contribution in [2.24, 2.45) is 0 Å². The molecule has 0 aliphatic heterocycles. The van der Waals surface area contributed by atoms with Crippen LogP contribution in [-0.4, -0.2) is 19.1 Å². The Bertz CT molecular complexity index is 433. The summed E-state index contributed by atoms with van der Waals surface area (Å²) in [6.45, 7) is 1.73. The lowest BCUT2D eigenvalue weighted by atomic mass is 10.0. The van der Waals surface area contributed by atoms with Crippen LogP contribution in [0.1, 0.15) is 18.4 Å². The van der Waals surface area contributed by atoms with Crippen LogP contribution in [0.4, 0.5) is 5.69 Å². The zero-order valence-corrected chi connectivity index (χ0v) is 9.02. The van der Waals surface area contributed by atoms with Gasteiger partial charge in [-0.25, -0.2) is 8.42 Å². The summed E-state index contributed by atoms with van der Waals surface area (Å²) in [7, 11) is -2.46. The van der Waals surface area contributed by atoms with Crippen molar-refractivity contribution < 1.29 is 13.3 Å². The number of nitrogens with zero attached hydrogens (tertiary/aromatic N) is 1. The number of nitro groups is 1. The van der Waals surface area contributed by atoms with Gasteiger partial charge in [0.25, 0.3) is 5.69 Å². The van der Waals surface area contributed by atoms with Crippen LogP contribution in [0, 0.1) is 10.1 Å². The van der Waals surface area contributed by atoms with Gasteiger partial charge in [-0.05, 0) is 11.5 Å². The van der Waals surface area contributed by atoms with Crippen molar-refractivity contribution in [2.45, 2.75) is 12.8 Å². The summed E-state index contributed by atoms with van der Waals surface area (Å²) >= 11 is 0. The largest absolute Gasteiger partial charge is 0.269 e. The first-order chi connectivity index (χ1) is 7.00. The predicted octanol–water partition coefficient (Wildman–Crippen LogP) is 1.31. The second kappa shape index (κ2) is 4.88. The first-order valence-corrected chi connectivity index (χ1v) is 5.73. The Hall–Kier alpha value is -1.43. The lowest BCUT2D eigenvalue weighted by Gasteiger charge is -2.06. The average molecular weight is 229 g/mol. The van der Waals surface area contributed by atoms with Gasteiger partial charge in [-0.2, -0.15) is 0 Å². The van der Waals surface area contributed by atoms with Crippen LogP contribution >= 0.6 is 0 Å². The molecule has 0 fully saturated rings. The van der Waals surface area contributed by atoms with Gasteiger partial charge in [0, 0.05) is 12.1 Å². The summed E-state index contributed by atoms with van der Waals surface area (Å²) in [5, 5.41) is 10.5. The van der Waals surface area contributed by atoms with E-state index in [4.69, 9.17) is 0 Å². The fourth-order valence-corrected chi connectivity index (χ4v) is 1.93. The van der Waals surface area contributed by atoms with Crippen LogP contribution in [0.25, 0.3) is 0 Å². The minimum atomic E-state index is -2.46. The fourth-order valence-electron chi connectivity index (χ4n) is 1.27. The molecule has 15 heavy (non-hydrogen) atoms. The van der Waals surface area contributed by atoms with E-state index in [1.807, 2.05) is 0 Å². The number of hydrogen-bond donors (Lipinski definition) is 1. The molecule has 0 radical (unpaired) electrons. The number of thiol groups is 1. The molecule has 0 saturated heterocycles. The molecule has 0 amide bonds. The lowest BCUT2D eigenvalue weighted by Crippen LogP contribution is -2.01. The molecule has 1 unspecified atom stereocenters. The maximum absolute atomic E-state index is 10.5. The number of nitro benzene ring substituents is 1. The highest BCUT2D eigenvalue weighted by Gasteiger charge is 2.11. The molecule has 0 saturated carbocycles. The molecule has 0 N–H and O–H groups in total. The molecule has 6 heteroatoms. The Labute approximate surface area is 88.8 Å². The zero-order chi connectivity index (χ0) is 11.4. The van der Waals surface area contributed by atoms with Crippen LogP contribution in [-0.2, 0) is 10.7 Å². The molecule has 0 aliphatic rings. The smallest absolute Gasteiger partial charge is 0.258 e. The Balaban J connectivity index is 2.94. The standard InChI is InChI=1S/C9H11NO4S/c1-7(6-15(13)14)8-3-2-4-9(5-8)10(11)12/h2-5,7,15H,6H2,1H3. The molecule has 1 aromatic rings. The van der Waals surface area contributed by atoms with E-state index in [9.17, 15) is 18.5 Å². The van der Waals surface area contributed by atoms with Crippen molar-refractivity contribution in [3.8, 4) is 0 Å². The van der Waals surface area contributed by atoms with Gasteiger partial charge in [0.15, 0.2) is 0 Å². The second-order valence-electron chi connectivity index (χ2n) is 3.27. The number of hydrogen-bond acceptors (Lipinski definition) is 4. The summed E-state index contributed by atoms with van der Waals surface area (Å²) in [6.07, 6.45) is 0. The summed E-state index contributed by atoms with van der Waals surface area (Å²) in [5.41, 5.74) is 0.656. The van der Waals surface area contributed by atoms with Crippen molar-refractivity contribution >= 4 is 16.4 Å². The molecule has 0 aliphatic carbocycles. The topological polar surface area (TPSA) is 77.3 Å². The Morgan fingerprint density at radius 1 is 1.47 bits per heavy atom. The highest BCUT2D eigenvalue weighted by Crippen LogP contribution is 2.20. The highest BCUT2D eigenvalue weighted by atomic mass is 32.2. The van der Waals surface area contributed by atoms with Crippen LogP contribution in [0.5, 0.6) is 0 Å². The molecule has 0 aromatic heterocycles. The van der Waals surface area contributed by atoms with Gasteiger partial charge in [0.2, 0.25) is 0 Å². The summed E-state index contributed by atoms with van der Waals surface area (Å²) in [6, 6.07) is 6.04. The van der Waals surface area contributed by atoms with E-state index in [-0.39, 0.29) is 17.4 Å². The van der Waals surface area contributed by atoms with Gasteiger partial charge in [-0.15, -0.1) is 0 Å². The van der Waals surface area contributed by atoms with Gasteiger partial charge in [-0.1, -0.05) is 19.1 Å². The Kier molecular flexibility index (Phi) is 3.79. The van der Waals surface area contributed by atoms with Gasteiger partial charge < -0.3 is 0 Å². The van der Waals surface area contributed by atoms with E-state index in [1.165, 1.54) is 12.1 Å². The number of benzene rings is 1. The molecule has 0 heterocycles. The highest BCUT2D eigenvalue weighted by molar-refractivity contribution is 7.72. The van der Waals surface area contributed by atoms with E-state index in [0.717, 1.165) is 0 Å². The van der Waals surface area contributed by atoms with Gasteiger partial charge in [-0.3, -0.25) is 10.1 Å². The lowest BCUT2D eigenvalue weighted by molar-refractivity contribution is -0.384. The summed E-state index contributed by atoms with van der Waals surface area (Å²) < 4.78 is 21.0. The molecule has 1 rings (SSSR count). The van der Waals surface area contributed by atoms with E-state index in [0.29, 0.717) is 5.56 Å². The first kappa shape index (κ1) is 11.6. The monoisotopic (exact) mass is 229 g/mol. The van der Waals surface area contributed by atoms with Crippen molar-refractivity contribution in [2.75, 3.05) is 5.75 Å². The SMILES string of the molecule is CC(C[SH](=O)=O)c1cccc([N+](=O)[O-])c1. The fraction of sp³-hybridized carbons (Fsp3) is 0.333. The van der Waals surface area contributed by atoms with E-state index < -0.39 is 15.6 Å². The molecule has 0 bridgehead atoms.